The highest BCUT2D eigenvalue weighted by molar-refractivity contribution is 5.52. The summed E-state index contributed by atoms with van der Waals surface area (Å²) in [6, 6.07) is 3.05. The van der Waals surface area contributed by atoms with E-state index in [4.69, 9.17) is 10.3 Å². The molecule has 2 rings (SSSR count). The Morgan fingerprint density at radius 2 is 1.94 bits per heavy atom. The first-order valence-electron chi connectivity index (χ1n) is 5.10. The number of benzene rings is 1. The van der Waals surface area contributed by atoms with E-state index >= 15 is 0 Å². The highest BCUT2D eigenvalue weighted by atomic mass is 19.1. The van der Waals surface area contributed by atoms with Crippen molar-refractivity contribution < 1.29 is 13.3 Å². The molecule has 2 aromatic rings. The van der Waals surface area contributed by atoms with E-state index in [0.717, 1.165) is 18.2 Å². The molecule has 0 aliphatic heterocycles. The highest BCUT2D eigenvalue weighted by Crippen LogP contribution is 2.21. The van der Waals surface area contributed by atoms with Crippen molar-refractivity contribution in [2.24, 2.45) is 5.73 Å². The lowest BCUT2D eigenvalue weighted by molar-refractivity contribution is 0.417. The van der Waals surface area contributed by atoms with Gasteiger partial charge in [0.25, 0.3) is 5.89 Å². The normalized spacial score (nSPS) is 12.7. The molecule has 17 heavy (non-hydrogen) atoms. The third-order valence-electron chi connectivity index (χ3n) is 2.35. The zero-order chi connectivity index (χ0) is 12.4. The molecule has 1 aromatic heterocycles. The second-order valence-corrected chi connectivity index (χ2v) is 3.75. The van der Waals surface area contributed by atoms with Crippen LogP contribution in [0.15, 0.2) is 22.7 Å². The maximum atomic E-state index is 13.0. The van der Waals surface area contributed by atoms with E-state index in [1.807, 2.05) is 6.92 Å². The fourth-order valence-electron chi connectivity index (χ4n) is 1.34. The van der Waals surface area contributed by atoms with Crippen molar-refractivity contribution >= 4 is 0 Å². The zero-order valence-electron chi connectivity index (χ0n) is 9.15. The predicted molar refractivity (Wildman–Crippen MR) is 57.1 cm³/mol. The Labute approximate surface area is 96.4 Å². The Balaban J connectivity index is 2.36. The molecule has 0 saturated carbocycles. The average molecular weight is 239 g/mol. The Hall–Kier alpha value is -1.82. The van der Waals surface area contributed by atoms with Gasteiger partial charge in [-0.2, -0.15) is 4.98 Å². The summed E-state index contributed by atoms with van der Waals surface area (Å²) in [7, 11) is 0. The lowest BCUT2D eigenvalue weighted by atomic mass is 10.2. The van der Waals surface area contributed by atoms with Crippen LogP contribution in [0.25, 0.3) is 11.5 Å². The van der Waals surface area contributed by atoms with Crippen LogP contribution in [-0.4, -0.2) is 16.7 Å². The van der Waals surface area contributed by atoms with Gasteiger partial charge >= 0.3 is 0 Å². The lowest BCUT2D eigenvalue weighted by Crippen LogP contribution is -2.10. The van der Waals surface area contributed by atoms with Crippen LogP contribution in [0.4, 0.5) is 8.78 Å². The van der Waals surface area contributed by atoms with Crippen molar-refractivity contribution in [3.05, 3.63) is 35.7 Å². The molecule has 0 aliphatic carbocycles. The van der Waals surface area contributed by atoms with E-state index < -0.39 is 11.6 Å². The molecule has 1 atom stereocenters. The molecular formula is C11H11F2N3O. The van der Waals surface area contributed by atoms with E-state index in [2.05, 4.69) is 10.1 Å². The molecule has 0 aliphatic rings. The van der Waals surface area contributed by atoms with Gasteiger partial charge in [-0.25, -0.2) is 8.78 Å². The molecule has 90 valence electrons. The van der Waals surface area contributed by atoms with Gasteiger partial charge in [-0.05, 0) is 12.1 Å². The summed E-state index contributed by atoms with van der Waals surface area (Å²) in [4.78, 5) is 4.04. The Morgan fingerprint density at radius 1 is 1.29 bits per heavy atom. The number of hydrogen-bond acceptors (Lipinski definition) is 4. The van der Waals surface area contributed by atoms with Gasteiger partial charge in [-0.3, -0.25) is 0 Å². The topological polar surface area (TPSA) is 64.9 Å². The second-order valence-electron chi connectivity index (χ2n) is 3.75. The Kier molecular flexibility index (Phi) is 3.14. The predicted octanol–water partition coefficient (Wildman–Crippen LogP) is 2.08. The number of nitrogens with two attached hydrogens (primary N) is 1. The molecule has 1 aromatic carbocycles. The Morgan fingerprint density at radius 3 is 2.53 bits per heavy atom. The van der Waals surface area contributed by atoms with Gasteiger partial charge in [-0.1, -0.05) is 12.1 Å². The summed E-state index contributed by atoms with van der Waals surface area (Å²) in [5.74, 6) is -0.935. The van der Waals surface area contributed by atoms with Gasteiger partial charge < -0.3 is 10.3 Å². The lowest BCUT2D eigenvalue weighted by Gasteiger charge is -1.99. The molecule has 2 N–H and O–H groups in total. The Bertz CT molecular complexity index is 507. The van der Waals surface area contributed by atoms with E-state index in [-0.39, 0.29) is 17.4 Å². The first-order chi connectivity index (χ1) is 8.10. The molecule has 0 fully saturated rings. The maximum absolute atomic E-state index is 13.0. The molecule has 1 unspecified atom stereocenters. The summed E-state index contributed by atoms with van der Waals surface area (Å²) >= 11 is 0. The van der Waals surface area contributed by atoms with Gasteiger partial charge in [0.15, 0.2) is 5.82 Å². The van der Waals surface area contributed by atoms with Crippen molar-refractivity contribution in [2.75, 3.05) is 6.54 Å². The number of rotatable bonds is 3. The van der Waals surface area contributed by atoms with Crippen molar-refractivity contribution in [1.82, 2.24) is 10.1 Å². The van der Waals surface area contributed by atoms with Gasteiger partial charge in [0.1, 0.15) is 11.6 Å². The molecule has 0 radical (unpaired) electrons. The minimum absolute atomic E-state index is 0.0640. The van der Waals surface area contributed by atoms with Crippen LogP contribution >= 0.6 is 0 Å². The summed E-state index contributed by atoms with van der Waals surface area (Å²) in [6.45, 7) is 2.21. The van der Waals surface area contributed by atoms with Crippen molar-refractivity contribution in [3.8, 4) is 11.5 Å². The maximum Gasteiger partial charge on any atom is 0.258 e. The molecule has 0 bridgehead atoms. The van der Waals surface area contributed by atoms with Crippen molar-refractivity contribution in [2.45, 2.75) is 12.8 Å². The van der Waals surface area contributed by atoms with Gasteiger partial charge in [0.2, 0.25) is 0 Å². The minimum atomic E-state index is -0.688. The quantitative estimate of drug-likeness (QED) is 0.890. The molecule has 0 amide bonds. The molecular weight excluding hydrogens is 228 g/mol. The summed E-state index contributed by atoms with van der Waals surface area (Å²) in [5.41, 5.74) is 5.67. The summed E-state index contributed by atoms with van der Waals surface area (Å²) < 4.78 is 30.9. The molecule has 0 spiro atoms. The molecule has 6 heteroatoms. The third-order valence-corrected chi connectivity index (χ3v) is 2.35. The fraction of sp³-hybridized carbons (Fsp3) is 0.273. The van der Waals surface area contributed by atoms with Gasteiger partial charge in [0.05, 0.1) is 0 Å². The number of halogens is 2. The second kappa shape index (κ2) is 4.58. The van der Waals surface area contributed by atoms with E-state index in [9.17, 15) is 8.78 Å². The standard InChI is InChI=1S/C11H11F2N3O/c1-6(5-14)10-15-11(17-16-10)7-2-8(12)4-9(13)3-7/h2-4,6H,5,14H2,1H3. The van der Waals surface area contributed by atoms with E-state index in [1.54, 1.807) is 0 Å². The SMILES string of the molecule is CC(CN)c1noc(-c2cc(F)cc(F)c2)n1. The molecule has 1 heterocycles. The van der Waals surface area contributed by atoms with E-state index in [1.165, 1.54) is 0 Å². The smallest absolute Gasteiger partial charge is 0.258 e. The summed E-state index contributed by atoms with van der Waals surface area (Å²) in [6.07, 6.45) is 0. The number of aromatic nitrogens is 2. The molecule has 4 nitrogen and oxygen atoms in total. The first-order valence-corrected chi connectivity index (χ1v) is 5.10. The average Bonchev–Trinajstić information content (AvgIpc) is 2.76. The van der Waals surface area contributed by atoms with Gasteiger partial charge in [-0.15, -0.1) is 0 Å². The van der Waals surface area contributed by atoms with Crippen molar-refractivity contribution in [3.63, 3.8) is 0 Å². The van der Waals surface area contributed by atoms with Crippen LogP contribution in [0.1, 0.15) is 18.7 Å². The van der Waals surface area contributed by atoms with Crippen LogP contribution in [0.3, 0.4) is 0 Å². The third kappa shape index (κ3) is 2.47. The van der Waals surface area contributed by atoms with Crippen LogP contribution in [-0.2, 0) is 0 Å². The zero-order valence-corrected chi connectivity index (χ0v) is 9.15. The van der Waals surface area contributed by atoms with Gasteiger partial charge in [0, 0.05) is 24.1 Å². The van der Waals surface area contributed by atoms with E-state index in [0.29, 0.717) is 12.4 Å². The van der Waals surface area contributed by atoms with Crippen LogP contribution in [0.5, 0.6) is 0 Å². The first kappa shape index (κ1) is 11.7. The van der Waals surface area contributed by atoms with Crippen LogP contribution in [0, 0.1) is 11.6 Å². The van der Waals surface area contributed by atoms with Crippen LogP contribution in [0.2, 0.25) is 0 Å². The summed E-state index contributed by atoms with van der Waals surface area (Å²) in [5, 5.41) is 3.71. The minimum Gasteiger partial charge on any atom is -0.334 e. The molecule has 0 saturated heterocycles. The number of nitrogens with zero attached hydrogens (tertiary/aromatic N) is 2. The monoisotopic (exact) mass is 239 g/mol. The largest absolute Gasteiger partial charge is 0.334 e. The highest BCUT2D eigenvalue weighted by Gasteiger charge is 2.14. The fourth-order valence-corrected chi connectivity index (χ4v) is 1.34. The van der Waals surface area contributed by atoms with Crippen molar-refractivity contribution in [1.29, 1.82) is 0 Å². The van der Waals surface area contributed by atoms with Crippen LogP contribution < -0.4 is 5.73 Å². The number of hydrogen-bond donors (Lipinski definition) is 1.